The highest BCUT2D eigenvalue weighted by atomic mass is 35.5. The normalized spacial score (nSPS) is 12.6. The first-order valence-electron chi connectivity index (χ1n) is 11.3. The van der Waals surface area contributed by atoms with E-state index in [0.717, 1.165) is 22.2 Å². The topological polar surface area (TPSA) is 102 Å². The lowest BCUT2D eigenvalue weighted by molar-refractivity contribution is 0.852. The number of aromatic amines is 1. The quantitative estimate of drug-likeness (QED) is 0.218. The molecule has 0 unspecified atom stereocenters. The Morgan fingerprint density at radius 3 is 2.44 bits per heavy atom. The third-order valence-corrected chi connectivity index (χ3v) is 6.49. The standard InChI is InChI=1S/C27H21Cl2N7/c1-16(17-5-3-2-4-6-17)33-25-19(13-30)14-31-27-22(25)11-21(12-23(27)29)34-26(24-15-32-36-35-24)18-7-9-20(28)10-8-18/h2-12,14-16,26,34H,1H3,(H,31,33)(H,32,35,36)/t16-,26+/m1/s1. The molecular formula is C27H21Cl2N7. The summed E-state index contributed by atoms with van der Waals surface area (Å²) in [5.74, 6) is 0. The highest BCUT2D eigenvalue weighted by Gasteiger charge is 2.20. The van der Waals surface area contributed by atoms with E-state index in [1.165, 1.54) is 0 Å². The largest absolute Gasteiger partial charge is 0.377 e. The Hall–Kier alpha value is -4.12. The molecule has 3 aromatic carbocycles. The third-order valence-electron chi connectivity index (χ3n) is 5.95. The minimum absolute atomic E-state index is 0.0452. The van der Waals surface area contributed by atoms with Crippen molar-refractivity contribution in [3.8, 4) is 6.07 Å². The first kappa shape index (κ1) is 23.6. The zero-order chi connectivity index (χ0) is 25.1. The minimum Gasteiger partial charge on any atom is -0.377 e. The SMILES string of the molecule is C[C@@H](Nc1c(C#N)cnc2c(Cl)cc(N[C@@H](c3ccc(Cl)cc3)c3c[nH]nn3)cc12)c1ccccc1. The number of nitriles is 1. The van der Waals surface area contributed by atoms with Crippen molar-refractivity contribution >= 4 is 45.5 Å². The maximum absolute atomic E-state index is 9.83. The molecule has 178 valence electrons. The van der Waals surface area contributed by atoms with Crippen molar-refractivity contribution in [1.29, 1.82) is 5.26 Å². The number of fused-ring (bicyclic) bond motifs is 1. The van der Waals surface area contributed by atoms with Crippen LogP contribution in [0.1, 0.15) is 41.4 Å². The van der Waals surface area contributed by atoms with Crippen LogP contribution in [0.4, 0.5) is 11.4 Å². The Morgan fingerprint density at radius 1 is 0.972 bits per heavy atom. The van der Waals surface area contributed by atoms with Gasteiger partial charge >= 0.3 is 0 Å². The first-order chi connectivity index (χ1) is 17.5. The summed E-state index contributed by atoms with van der Waals surface area (Å²) in [4.78, 5) is 4.47. The fourth-order valence-corrected chi connectivity index (χ4v) is 4.52. The Bertz CT molecular complexity index is 1530. The van der Waals surface area contributed by atoms with E-state index in [2.05, 4.69) is 37.1 Å². The van der Waals surface area contributed by atoms with Gasteiger partial charge < -0.3 is 10.6 Å². The summed E-state index contributed by atoms with van der Waals surface area (Å²) >= 11 is 12.8. The van der Waals surface area contributed by atoms with Crippen molar-refractivity contribution in [3.05, 3.63) is 112 Å². The molecule has 0 saturated carbocycles. The minimum atomic E-state index is -0.318. The molecule has 3 N–H and O–H groups in total. The Balaban J connectivity index is 1.58. The molecule has 0 aliphatic carbocycles. The van der Waals surface area contributed by atoms with Gasteiger partial charge in [0.1, 0.15) is 11.8 Å². The van der Waals surface area contributed by atoms with Gasteiger partial charge in [-0.2, -0.15) is 5.26 Å². The van der Waals surface area contributed by atoms with Crippen molar-refractivity contribution in [2.24, 2.45) is 0 Å². The van der Waals surface area contributed by atoms with E-state index in [-0.39, 0.29) is 12.1 Å². The molecule has 0 bridgehead atoms. The van der Waals surface area contributed by atoms with Crippen LogP contribution in [0.15, 0.2) is 79.1 Å². The second kappa shape index (κ2) is 10.2. The molecule has 0 aliphatic rings. The molecule has 0 radical (unpaired) electrons. The van der Waals surface area contributed by atoms with Crippen molar-refractivity contribution in [3.63, 3.8) is 0 Å². The van der Waals surface area contributed by atoms with Crippen LogP contribution in [0.2, 0.25) is 10.0 Å². The molecule has 2 aromatic heterocycles. The van der Waals surface area contributed by atoms with Crippen molar-refractivity contribution in [2.45, 2.75) is 19.0 Å². The number of H-pyrrole nitrogens is 1. The van der Waals surface area contributed by atoms with Crippen LogP contribution in [0.5, 0.6) is 0 Å². The first-order valence-corrected chi connectivity index (χ1v) is 12.0. The van der Waals surface area contributed by atoms with Crippen LogP contribution < -0.4 is 10.6 Å². The summed E-state index contributed by atoms with van der Waals surface area (Å²) in [6.07, 6.45) is 3.28. The zero-order valence-corrected chi connectivity index (χ0v) is 20.7. The van der Waals surface area contributed by atoms with Gasteiger partial charge in [-0.15, -0.1) is 5.10 Å². The summed E-state index contributed by atoms with van der Waals surface area (Å²) in [5.41, 5.74) is 5.20. The zero-order valence-electron chi connectivity index (χ0n) is 19.2. The van der Waals surface area contributed by atoms with Gasteiger partial charge in [0.2, 0.25) is 0 Å². The van der Waals surface area contributed by atoms with Crippen LogP contribution in [0.25, 0.3) is 10.9 Å². The van der Waals surface area contributed by atoms with Crippen molar-refractivity contribution in [2.75, 3.05) is 10.6 Å². The van der Waals surface area contributed by atoms with Crippen LogP contribution in [-0.2, 0) is 0 Å². The highest BCUT2D eigenvalue weighted by Crippen LogP contribution is 2.36. The third kappa shape index (κ3) is 4.82. The number of anilines is 2. The second-order valence-corrected chi connectivity index (χ2v) is 9.16. The predicted molar refractivity (Wildman–Crippen MR) is 143 cm³/mol. The maximum Gasteiger partial charge on any atom is 0.109 e. The molecule has 0 saturated heterocycles. The fourth-order valence-electron chi connectivity index (χ4n) is 4.13. The molecule has 2 heterocycles. The van der Waals surface area contributed by atoms with E-state index in [0.29, 0.717) is 32.5 Å². The lowest BCUT2D eigenvalue weighted by Crippen LogP contribution is -2.13. The summed E-state index contributed by atoms with van der Waals surface area (Å²) < 4.78 is 0. The molecule has 0 aliphatic heterocycles. The summed E-state index contributed by atoms with van der Waals surface area (Å²) in [5, 5.41) is 29.5. The van der Waals surface area contributed by atoms with Gasteiger partial charge in [-0.25, -0.2) is 0 Å². The van der Waals surface area contributed by atoms with Gasteiger partial charge in [-0.3, -0.25) is 10.1 Å². The molecule has 36 heavy (non-hydrogen) atoms. The highest BCUT2D eigenvalue weighted by molar-refractivity contribution is 6.36. The average Bonchev–Trinajstić information content (AvgIpc) is 3.43. The lowest BCUT2D eigenvalue weighted by atomic mass is 10.0. The summed E-state index contributed by atoms with van der Waals surface area (Å²) in [6, 6.07) is 23.2. The lowest BCUT2D eigenvalue weighted by Gasteiger charge is -2.21. The molecular weight excluding hydrogens is 493 g/mol. The molecule has 5 rings (SSSR count). The number of nitrogens with zero attached hydrogens (tertiary/aromatic N) is 4. The van der Waals surface area contributed by atoms with Gasteiger partial charge in [0, 0.05) is 34.5 Å². The number of pyridine rings is 1. The van der Waals surface area contributed by atoms with E-state index in [1.54, 1.807) is 12.4 Å². The van der Waals surface area contributed by atoms with Gasteiger partial charge in [-0.05, 0) is 42.3 Å². The molecule has 2 atom stereocenters. The molecule has 0 fully saturated rings. The van der Waals surface area contributed by atoms with Gasteiger partial charge in [-0.1, -0.05) is 70.9 Å². The average molecular weight is 514 g/mol. The number of rotatable bonds is 7. The van der Waals surface area contributed by atoms with E-state index in [4.69, 9.17) is 23.2 Å². The van der Waals surface area contributed by atoms with Gasteiger partial charge in [0.15, 0.2) is 0 Å². The van der Waals surface area contributed by atoms with Crippen LogP contribution >= 0.6 is 23.2 Å². The number of aromatic nitrogens is 4. The summed E-state index contributed by atoms with van der Waals surface area (Å²) in [6.45, 7) is 2.05. The molecule has 7 nitrogen and oxygen atoms in total. The monoisotopic (exact) mass is 513 g/mol. The molecule has 5 aromatic rings. The Labute approximate surface area is 218 Å². The van der Waals surface area contributed by atoms with Gasteiger partial charge in [0.25, 0.3) is 0 Å². The van der Waals surface area contributed by atoms with Crippen molar-refractivity contribution < 1.29 is 0 Å². The van der Waals surface area contributed by atoms with E-state index < -0.39 is 0 Å². The van der Waals surface area contributed by atoms with Crippen LogP contribution in [-0.4, -0.2) is 20.4 Å². The van der Waals surface area contributed by atoms with Crippen molar-refractivity contribution in [1.82, 2.24) is 20.4 Å². The van der Waals surface area contributed by atoms with E-state index in [9.17, 15) is 5.26 Å². The van der Waals surface area contributed by atoms with Crippen LogP contribution in [0, 0.1) is 11.3 Å². The smallest absolute Gasteiger partial charge is 0.109 e. The Morgan fingerprint density at radius 2 is 1.75 bits per heavy atom. The second-order valence-electron chi connectivity index (χ2n) is 8.32. The number of benzene rings is 3. The molecule has 0 amide bonds. The summed E-state index contributed by atoms with van der Waals surface area (Å²) in [7, 11) is 0. The molecule has 0 spiro atoms. The molecule has 9 heteroatoms. The van der Waals surface area contributed by atoms with Crippen LogP contribution in [0.3, 0.4) is 0 Å². The number of hydrogen-bond acceptors (Lipinski definition) is 6. The maximum atomic E-state index is 9.83. The predicted octanol–water partition coefficient (Wildman–Crippen LogP) is 6.91. The van der Waals surface area contributed by atoms with E-state index >= 15 is 0 Å². The van der Waals surface area contributed by atoms with Gasteiger partial charge in [0.05, 0.1) is 27.8 Å². The number of halogens is 2. The van der Waals surface area contributed by atoms with E-state index in [1.807, 2.05) is 73.7 Å². The number of hydrogen-bond donors (Lipinski definition) is 3. The fraction of sp³-hybridized carbons (Fsp3) is 0.111. The number of nitrogens with one attached hydrogen (secondary N) is 3. The Kier molecular flexibility index (Phi) is 6.72.